The van der Waals surface area contributed by atoms with Gasteiger partial charge in [-0.1, -0.05) is 48.5 Å². The molecule has 4 rings (SSSR count). The Balaban J connectivity index is 1.41. The van der Waals surface area contributed by atoms with Crippen molar-refractivity contribution in [3.63, 3.8) is 0 Å². The fraction of sp³-hybridized carbons (Fsp3) is 0.192. The van der Waals surface area contributed by atoms with Crippen molar-refractivity contribution in [2.45, 2.75) is 18.4 Å². The lowest BCUT2D eigenvalue weighted by atomic mass is 9.98. The number of anilines is 1. The van der Waals surface area contributed by atoms with Crippen LogP contribution in [-0.4, -0.2) is 46.9 Å². The van der Waals surface area contributed by atoms with Gasteiger partial charge < -0.3 is 20.3 Å². The van der Waals surface area contributed by atoms with Crippen molar-refractivity contribution in [3.8, 4) is 11.1 Å². The van der Waals surface area contributed by atoms with Gasteiger partial charge in [0.2, 0.25) is 0 Å². The minimum Gasteiger partial charge on any atom is -0.479 e. The van der Waals surface area contributed by atoms with Crippen LogP contribution in [0.15, 0.2) is 66.7 Å². The Morgan fingerprint density at radius 3 is 2.14 bits per heavy atom. The first-order valence-corrected chi connectivity index (χ1v) is 10.8. The highest BCUT2D eigenvalue weighted by Gasteiger charge is 2.34. The van der Waals surface area contributed by atoms with Crippen molar-refractivity contribution < 1.29 is 33.7 Å². The van der Waals surface area contributed by atoms with Gasteiger partial charge in [0.1, 0.15) is 12.4 Å². The number of amides is 2. The number of hydrogen-bond acceptors (Lipinski definition) is 5. The summed E-state index contributed by atoms with van der Waals surface area (Å²) in [5, 5.41) is 22.9. The van der Waals surface area contributed by atoms with Gasteiger partial charge >= 0.3 is 12.1 Å². The molecule has 9 heteroatoms. The number of aliphatic carboxylic acids is 1. The van der Waals surface area contributed by atoms with Crippen LogP contribution in [0.5, 0.6) is 0 Å². The standard InChI is InChI=1S/C26H23FN2O6/c1-26(14-30,24(32)33)29-23(31)15-10-11-22(21(27)12-15)28-25(34)35-13-20-18-8-4-2-6-16(18)17-7-3-5-9-19(17)20/h2-12,20,30H,13-14H2,1H3,(H,28,34)(H,29,31)(H,32,33). The molecule has 8 nitrogen and oxygen atoms in total. The average Bonchev–Trinajstić information content (AvgIpc) is 3.17. The van der Waals surface area contributed by atoms with Crippen molar-refractivity contribution in [3.05, 3.63) is 89.2 Å². The minimum absolute atomic E-state index is 0.0525. The molecule has 1 aliphatic rings. The van der Waals surface area contributed by atoms with E-state index in [2.05, 4.69) is 10.6 Å². The second-order valence-electron chi connectivity index (χ2n) is 8.39. The van der Waals surface area contributed by atoms with Gasteiger partial charge in [-0.05, 0) is 47.4 Å². The van der Waals surface area contributed by atoms with Gasteiger partial charge in [-0.15, -0.1) is 0 Å². The molecular weight excluding hydrogens is 455 g/mol. The molecular formula is C26H23FN2O6. The van der Waals surface area contributed by atoms with Crippen molar-refractivity contribution >= 4 is 23.7 Å². The molecule has 35 heavy (non-hydrogen) atoms. The molecule has 2 amide bonds. The second kappa shape index (κ2) is 9.55. The minimum atomic E-state index is -1.92. The number of carboxylic acids is 1. The number of rotatable bonds is 7. The van der Waals surface area contributed by atoms with Crippen molar-refractivity contribution in [2.24, 2.45) is 0 Å². The summed E-state index contributed by atoms with van der Waals surface area (Å²) < 4.78 is 20.0. The Kier molecular flexibility index (Phi) is 6.52. The molecule has 180 valence electrons. The summed E-state index contributed by atoms with van der Waals surface area (Å²) in [7, 11) is 0. The number of halogens is 1. The molecule has 4 N–H and O–H groups in total. The number of carboxylic acid groups (broad SMARTS) is 1. The maximum absolute atomic E-state index is 14.6. The lowest BCUT2D eigenvalue weighted by molar-refractivity contribution is -0.145. The summed E-state index contributed by atoms with van der Waals surface area (Å²) in [5.41, 5.74) is 1.93. The second-order valence-corrected chi connectivity index (χ2v) is 8.39. The Bertz CT molecular complexity index is 1270. The topological polar surface area (TPSA) is 125 Å². The largest absolute Gasteiger partial charge is 0.479 e. The van der Waals surface area contributed by atoms with Crippen LogP contribution in [0.1, 0.15) is 34.3 Å². The van der Waals surface area contributed by atoms with Crippen LogP contribution < -0.4 is 10.6 Å². The highest BCUT2D eigenvalue weighted by atomic mass is 19.1. The maximum atomic E-state index is 14.6. The van der Waals surface area contributed by atoms with Crippen LogP contribution in [0.25, 0.3) is 11.1 Å². The molecule has 0 fully saturated rings. The molecule has 1 aliphatic carbocycles. The van der Waals surface area contributed by atoms with E-state index in [1.807, 2.05) is 48.5 Å². The highest BCUT2D eigenvalue weighted by Crippen LogP contribution is 2.44. The summed E-state index contributed by atoms with van der Waals surface area (Å²) >= 11 is 0. The number of ether oxygens (including phenoxy) is 1. The predicted molar refractivity (Wildman–Crippen MR) is 126 cm³/mol. The lowest BCUT2D eigenvalue weighted by Crippen LogP contribution is -2.54. The number of aliphatic hydroxyl groups is 1. The van der Waals surface area contributed by atoms with Crippen molar-refractivity contribution in [2.75, 3.05) is 18.5 Å². The first-order valence-electron chi connectivity index (χ1n) is 10.8. The molecule has 0 aliphatic heterocycles. The van der Waals surface area contributed by atoms with Crippen molar-refractivity contribution in [1.29, 1.82) is 0 Å². The molecule has 3 aromatic carbocycles. The summed E-state index contributed by atoms with van der Waals surface area (Å²) in [6.07, 6.45) is -0.860. The van der Waals surface area contributed by atoms with Gasteiger partial charge in [0.05, 0.1) is 12.3 Å². The molecule has 0 saturated carbocycles. The van der Waals surface area contributed by atoms with Crippen LogP contribution in [0.4, 0.5) is 14.9 Å². The summed E-state index contributed by atoms with van der Waals surface area (Å²) in [6.45, 7) is 0.325. The maximum Gasteiger partial charge on any atom is 0.411 e. The fourth-order valence-corrected chi connectivity index (χ4v) is 3.99. The fourth-order valence-electron chi connectivity index (χ4n) is 3.99. The van der Waals surface area contributed by atoms with E-state index in [1.165, 1.54) is 12.1 Å². The summed E-state index contributed by atoms with van der Waals surface area (Å²) in [6, 6.07) is 19.0. The third kappa shape index (κ3) is 4.71. The molecule has 0 bridgehead atoms. The van der Waals surface area contributed by atoms with E-state index >= 15 is 0 Å². The van der Waals surface area contributed by atoms with Gasteiger partial charge in [0, 0.05) is 11.5 Å². The van der Waals surface area contributed by atoms with Gasteiger partial charge in [0.25, 0.3) is 5.91 Å². The van der Waals surface area contributed by atoms with E-state index in [1.54, 1.807) is 0 Å². The van der Waals surface area contributed by atoms with Crippen LogP contribution >= 0.6 is 0 Å². The Morgan fingerprint density at radius 2 is 1.60 bits per heavy atom. The molecule has 1 unspecified atom stereocenters. The van der Waals surface area contributed by atoms with Crippen molar-refractivity contribution in [1.82, 2.24) is 5.32 Å². The molecule has 1 atom stereocenters. The highest BCUT2D eigenvalue weighted by molar-refractivity contribution is 5.98. The van der Waals surface area contributed by atoms with Crippen LogP contribution in [0.2, 0.25) is 0 Å². The SMILES string of the molecule is CC(CO)(NC(=O)c1ccc(NC(=O)OCC2c3ccccc3-c3ccccc32)c(F)c1)C(=O)O. The van der Waals surface area contributed by atoms with Gasteiger partial charge in [0.15, 0.2) is 5.54 Å². The van der Waals surface area contributed by atoms with E-state index in [0.717, 1.165) is 35.2 Å². The number of carbonyl (C=O) groups is 3. The van der Waals surface area contributed by atoms with Gasteiger partial charge in [-0.2, -0.15) is 0 Å². The van der Waals surface area contributed by atoms with E-state index in [4.69, 9.17) is 9.84 Å². The Morgan fingerprint density at radius 1 is 1.00 bits per heavy atom. The number of benzene rings is 3. The number of carbonyl (C=O) groups excluding carboxylic acids is 2. The third-order valence-electron chi connectivity index (χ3n) is 5.99. The number of hydrogen-bond donors (Lipinski definition) is 4. The first-order chi connectivity index (χ1) is 16.7. The molecule has 0 aromatic heterocycles. The van der Waals surface area contributed by atoms with E-state index in [-0.39, 0.29) is 23.8 Å². The number of nitrogens with one attached hydrogen (secondary N) is 2. The quantitative estimate of drug-likeness (QED) is 0.410. The van der Waals surface area contributed by atoms with Crippen LogP contribution in [-0.2, 0) is 9.53 Å². The number of fused-ring (bicyclic) bond motifs is 3. The van der Waals surface area contributed by atoms with E-state index in [0.29, 0.717) is 0 Å². The molecule has 0 saturated heterocycles. The molecule has 0 spiro atoms. The molecule has 0 heterocycles. The summed E-state index contributed by atoms with van der Waals surface area (Å²) in [4.78, 5) is 35.9. The Hall–Kier alpha value is -4.24. The molecule has 0 radical (unpaired) electrons. The van der Waals surface area contributed by atoms with Crippen LogP contribution in [0, 0.1) is 5.82 Å². The van der Waals surface area contributed by atoms with Gasteiger partial charge in [-0.25, -0.2) is 14.0 Å². The smallest absolute Gasteiger partial charge is 0.411 e. The lowest BCUT2D eigenvalue weighted by Gasteiger charge is -2.23. The number of aliphatic hydroxyl groups excluding tert-OH is 1. The normalized spacial score (nSPS) is 13.8. The predicted octanol–water partition coefficient (Wildman–Crippen LogP) is 3.75. The zero-order valence-corrected chi connectivity index (χ0v) is 18.7. The monoisotopic (exact) mass is 478 g/mol. The summed E-state index contributed by atoms with van der Waals surface area (Å²) in [5.74, 6) is -3.40. The zero-order valence-electron chi connectivity index (χ0n) is 18.7. The zero-order chi connectivity index (χ0) is 25.2. The van der Waals surface area contributed by atoms with Crippen LogP contribution in [0.3, 0.4) is 0 Å². The van der Waals surface area contributed by atoms with E-state index in [9.17, 15) is 23.9 Å². The molecule has 3 aromatic rings. The third-order valence-corrected chi connectivity index (χ3v) is 5.99. The van der Waals surface area contributed by atoms with E-state index < -0.39 is 35.9 Å². The average molecular weight is 478 g/mol. The first kappa shape index (κ1) is 23.9. The van der Waals surface area contributed by atoms with Gasteiger partial charge in [-0.3, -0.25) is 10.1 Å². The Labute approximate surface area is 200 Å².